The van der Waals surface area contributed by atoms with E-state index in [2.05, 4.69) is 61.2 Å². The molecule has 582 valence electrons. The van der Waals surface area contributed by atoms with E-state index in [0.717, 1.165) is 93.0 Å². The van der Waals surface area contributed by atoms with Crippen LogP contribution in [0.15, 0.2) is 269 Å². The molecule has 0 radical (unpaired) electrons. The summed E-state index contributed by atoms with van der Waals surface area (Å²) in [5.41, 5.74) is 14.1. The van der Waals surface area contributed by atoms with Crippen LogP contribution >= 0.6 is 11.6 Å². The van der Waals surface area contributed by atoms with Gasteiger partial charge in [-0.25, -0.2) is 39.9 Å². The SMILES string of the molecule is CN(C)CCNC(=O)c1cccc(-c2cn3ccnc3c(Nc3ccc(Cl)cc3)n2)c1.COc1cc(-c2cn3ccnc3c(Nc3ccccc3)n2)cc(OC)c1OC.FC(F)(F)Oc1cccc(-c2cn3ccnc3c(Nc3ccccc3)n2)c1.O=C(O)CCc1ccc(-c2cn3ccnc3c(NCCc3ccncc3)n2)cc1. The highest BCUT2D eigenvalue weighted by atomic mass is 35.5. The van der Waals surface area contributed by atoms with Crippen LogP contribution in [0.1, 0.15) is 27.9 Å². The number of carboxylic acids is 1. The van der Waals surface area contributed by atoms with Crippen LogP contribution in [-0.2, 0) is 17.6 Å². The molecule has 0 aliphatic carbocycles. The van der Waals surface area contributed by atoms with Crippen LogP contribution in [0.3, 0.4) is 0 Å². The molecule has 0 fully saturated rings. The molecule has 0 saturated heterocycles. The number of methoxy groups -OCH3 is 3. The Morgan fingerprint density at radius 2 is 0.939 bits per heavy atom. The van der Waals surface area contributed by atoms with E-state index in [1.54, 1.807) is 87.4 Å². The largest absolute Gasteiger partial charge is 0.573 e. The molecule has 0 spiro atoms. The number of nitrogens with zero attached hydrogens (tertiary/aromatic N) is 14. The van der Waals surface area contributed by atoms with Crippen LogP contribution in [0.25, 0.3) is 67.6 Å². The smallest absolute Gasteiger partial charge is 0.493 e. The van der Waals surface area contributed by atoms with E-state index in [0.29, 0.717) is 80.8 Å². The van der Waals surface area contributed by atoms with Crippen molar-refractivity contribution in [2.24, 2.45) is 0 Å². The topological polar surface area (TPSA) is 288 Å². The molecule has 0 atom stereocenters. The van der Waals surface area contributed by atoms with Gasteiger partial charge in [0.15, 0.2) is 57.4 Å². The Morgan fingerprint density at radius 3 is 1.43 bits per heavy atom. The number of aryl methyl sites for hydroxylation is 1. The Kier molecular flexibility index (Phi) is 25.3. The lowest BCUT2D eigenvalue weighted by atomic mass is 10.1. The molecule has 7 aromatic carbocycles. The molecule has 16 rings (SSSR count). The van der Waals surface area contributed by atoms with Crippen molar-refractivity contribution in [3.8, 4) is 68.0 Å². The number of carboxylic acid groups (broad SMARTS) is 1. The van der Waals surface area contributed by atoms with Crippen LogP contribution in [0.2, 0.25) is 5.02 Å². The van der Waals surface area contributed by atoms with E-state index in [4.69, 9.17) is 45.9 Å². The van der Waals surface area contributed by atoms with Gasteiger partial charge in [0.2, 0.25) is 5.75 Å². The van der Waals surface area contributed by atoms with Gasteiger partial charge in [0.25, 0.3) is 5.91 Å². The van der Waals surface area contributed by atoms with Gasteiger partial charge in [-0.2, -0.15) is 0 Å². The number of alkyl halides is 3. The minimum absolute atomic E-state index is 0.105. The zero-order chi connectivity index (χ0) is 80.2. The first kappa shape index (κ1) is 78.7. The molecule has 9 heterocycles. The zero-order valence-corrected chi connectivity index (χ0v) is 63.6. The molecule has 1 amide bonds. The second kappa shape index (κ2) is 37.0. The number of rotatable bonds is 25. The molecule has 0 aliphatic rings. The molecule has 0 bridgehead atoms. The van der Waals surface area contributed by atoms with E-state index >= 15 is 0 Å². The first-order valence-electron chi connectivity index (χ1n) is 36.0. The average Bonchev–Trinajstić information content (AvgIpc) is 1.79. The molecule has 26 nitrogen and oxygen atoms in total. The Balaban J connectivity index is 0.000000134. The molecule has 30 heteroatoms. The number of anilines is 7. The molecule has 0 saturated carbocycles. The minimum Gasteiger partial charge on any atom is -0.493 e. The van der Waals surface area contributed by atoms with Crippen molar-refractivity contribution in [3.63, 3.8) is 0 Å². The van der Waals surface area contributed by atoms with Crippen molar-refractivity contribution in [1.82, 2.24) is 72.7 Å². The fraction of sp³-hybridized carbons (Fsp3) is 0.141. The number of halogens is 4. The zero-order valence-electron chi connectivity index (χ0n) is 62.8. The molecule has 0 unspecified atom stereocenters. The Hall–Kier alpha value is -14.5. The second-order valence-electron chi connectivity index (χ2n) is 25.9. The minimum atomic E-state index is -4.75. The van der Waals surface area contributed by atoms with Gasteiger partial charge in [-0.15, -0.1) is 13.2 Å². The van der Waals surface area contributed by atoms with Crippen LogP contribution in [0, 0.1) is 0 Å². The fourth-order valence-electron chi connectivity index (χ4n) is 12.0. The lowest BCUT2D eigenvalue weighted by Gasteiger charge is -2.15. The summed E-state index contributed by atoms with van der Waals surface area (Å²) >= 11 is 5.99. The third kappa shape index (κ3) is 20.8. The lowest BCUT2D eigenvalue weighted by molar-refractivity contribution is -0.274. The van der Waals surface area contributed by atoms with E-state index in [-0.39, 0.29) is 18.1 Å². The number of nitrogens with one attached hydrogen (secondary N) is 5. The summed E-state index contributed by atoms with van der Waals surface area (Å²) in [5, 5.41) is 25.7. The number of para-hydroxylation sites is 2. The monoisotopic (exact) mass is 1570 g/mol. The number of carbonyl (C=O) groups excluding carboxylic acids is 1. The van der Waals surface area contributed by atoms with Gasteiger partial charge in [-0.3, -0.25) is 14.6 Å². The maximum absolute atomic E-state index is 12.5. The number of hydrogen-bond acceptors (Lipinski definition) is 20. The number of pyridine rings is 1. The van der Waals surface area contributed by atoms with E-state index in [9.17, 15) is 22.8 Å². The number of likely N-dealkylation sites (N-methyl/N-ethyl adjacent to an activating group) is 1. The normalized spacial score (nSPS) is 11.0. The Morgan fingerprint density at radius 1 is 0.478 bits per heavy atom. The quantitative estimate of drug-likeness (QED) is 0.0310. The summed E-state index contributed by atoms with van der Waals surface area (Å²) in [4.78, 5) is 65.7. The standard InChI is InChI=1S/C23H23ClN6O.C22H21N5O2.C21H20N4O3.C19H13F3N4O/c1-29(2)12-10-26-23(31)17-5-3-4-16(14-17)20-15-30-13-11-25-22(30)21(28-20)27-19-8-6-18(24)7-9-19;28-20(29)6-3-16-1-4-18(5-2-16)19-15-27-14-13-25-22(27)21(26-19)24-12-9-17-7-10-23-11-8-17;1-26-17-11-14(12-18(27-2)19(17)28-3)16-13-25-10-9-22-21(25)20(24-16)23-15-7-5-4-6-8-15;20-19(21,22)27-15-8-4-5-13(11-15)16-12-26-10-9-23-18(26)17(25-16)24-14-6-2-1-3-7-14/h3-9,11,13-15H,10,12H2,1-2H3,(H,26,31)(H,27,28);1-2,4-5,7-8,10-11,13-15H,3,6,9,12H2,(H,24,26)(H,28,29);4-13H,1-3H3,(H,23,24);1-12H,(H,24,25). The number of fused-ring (bicyclic) bond motifs is 4. The molecular formula is C85H77ClF3N19O7. The predicted octanol–water partition coefficient (Wildman–Crippen LogP) is 16.8. The lowest BCUT2D eigenvalue weighted by Crippen LogP contribution is -2.31. The van der Waals surface area contributed by atoms with Gasteiger partial charge in [0.05, 0.1) is 44.1 Å². The van der Waals surface area contributed by atoms with E-state index < -0.39 is 12.3 Å². The van der Waals surface area contributed by atoms with Crippen molar-refractivity contribution < 1.29 is 46.8 Å². The van der Waals surface area contributed by atoms with Gasteiger partial charge in [-0.05, 0) is 135 Å². The fourth-order valence-corrected chi connectivity index (χ4v) is 12.1. The third-order valence-electron chi connectivity index (χ3n) is 17.6. The Bertz CT molecular complexity index is 5930. The van der Waals surface area contributed by atoms with Crippen molar-refractivity contribution in [3.05, 3.63) is 290 Å². The number of ether oxygens (including phenoxy) is 4. The molecule has 115 heavy (non-hydrogen) atoms. The van der Waals surface area contributed by atoms with Crippen LogP contribution in [0.5, 0.6) is 23.0 Å². The van der Waals surface area contributed by atoms with Gasteiger partial charge in [-0.1, -0.05) is 96.5 Å². The molecule has 9 aromatic heterocycles. The van der Waals surface area contributed by atoms with Crippen molar-refractivity contribution >= 4 is 86.4 Å². The number of benzene rings is 7. The average molecular weight is 1570 g/mol. The number of imidazole rings is 4. The maximum atomic E-state index is 12.5. The third-order valence-corrected chi connectivity index (χ3v) is 17.9. The highest BCUT2D eigenvalue weighted by Gasteiger charge is 2.31. The first-order chi connectivity index (χ1) is 55.9. The molecule has 6 N–H and O–H groups in total. The Labute approximate surface area is 663 Å². The maximum Gasteiger partial charge on any atom is 0.573 e. The summed E-state index contributed by atoms with van der Waals surface area (Å²) in [6.07, 6.45) is 22.0. The summed E-state index contributed by atoms with van der Waals surface area (Å²) in [7, 11) is 8.71. The number of aromatic nitrogens is 13. The van der Waals surface area contributed by atoms with Crippen LogP contribution in [-0.4, -0.2) is 146 Å². The van der Waals surface area contributed by atoms with Crippen LogP contribution < -0.4 is 45.5 Å². The molecular weight excluding hydrogens is 1490 g/mol. The highest BCUT2D eigenvalue weighted by molar-refractivity contribution is 6.30. The van der Waals surface area contributed by atoms with Gasteiger partial charge >= 0.3 is 12.3 Å². The molecule has 0 aliphatic heterocycles. The van der Waals surface area contributed by atoms with E-state index in [1.165, 1.54) is 23.8 Å². The summed E-state index contributed by atoms with van der Waals surface area (Å²) in [5.74, 6) is 2.99. The van der Waals surface area contributed by atoms with Gasteiger partial charge in [0, 0.05) is 163 Å². The van der Waals surface area contributed by atoms with Crippen molar-refractivity contribution in [2.75, 3.05) is 76.3 Å². The summed E-state index contributed by atoms with van der Waals surface area (Å²) in [6.45, 7) is 2.10. The second-order valence-corrected chi connectivity index (χ2v) is 26.3. The van der Waals surface area contributed by atoms with Crippen LogP contribution in [0.4, 0.5) is 53.5 Å². The number of aliphatic carboxylic acids is 1. The summed E-state index contributed by atoms with van der Waals surface area (Å²) in [6, 6.07) is 55.4. The van der Waals surface area contributed by atoms with E-state index in [1.807, 2.05) is 221 Å². The number of carbonyl (C=O) groups is 2. The highest BCUT2D eigenvalue weighted by Crippen LogP contribution is 2.42. The number of hydrogen-bond donors (Lipinski definition) is 6. The van der Waals surface area contributed by atoms with Gasteiger partial charge in [0.1, 0.15) is 5.75 Å². The van der Waals surface area contributed by atoms with Crippen molar-refractivity contribution in [2.45, 2.75) is 25.6 Å². The summed E-state index contributed by atoms with van der Waals surface area (Å²) < 4.78 is 65.4. The number of amides is 1. The van der Waals surface area contributed by atoms with Crippen molar-refractivity contribution in [1.29, 1.82) is 0 Å². The van der Waals surface area contributed by atoms with Gasteiger partial charge < -0.3 is 73.1 Å². The molecule has 16 aromatic rings. The first-order valence-corrected chi connectivity index (χ1v) is 36.4. The predicted molar refractivity (Wildman–Crippen MR) is 437 cm³/mol.